The van der Waals surface area contributed by atoms with Crippen molar-refractivity contribution in [3.05, 3.63) is 35.9 Å². The number of aromatic nitrogens is 3. The summed E-state index contributed by atoms with van der Waals surface area (Å²) in [5.74, 6) is 0. The van der Waals surface area contributed by atoms with Gasteiger partial charge in [-0.05, 0) is 25.3 Å². The molecule has 3 rings (SSSR count). The van der Waals surface area contributed by atoms with Crippen LogP contribution in [0, 0.1) is 0 Å². The van der Waals surface area contributed by atoms with Crippen molar-refractivity contribution in [2.75, 3.05) is 0 Å². The highest BCUT2D eigenvalue weighted by atomic mass is 16.3. The quantitative estimate of drug-likeness (QED) is 0.739. The average molecular weight is 203 g/mol. The lowest BCUT2D eigenvalue weighted by molar-refractivity contribution is 0.156. The molecule has 0 fully saturated rings. The highest BCUT2D eigenvalue weighted by molar-refractivity contribution is 5.37. The van der Waals surface area contributed by atoms with Crippen molar-refractivity contribution in [3.63, 3.8) is 0 Å². The molecule has 4 heteroatoms. The predicted octanol–water partition coefficient (Wildman–Crippen LogP) is 1.57. The molecule has 2 aromatic rings. The number of nitrogens with one attached hydrogen (secondary N) is 1. The summed E-state index contributed by atoms with van der Waals surface area (Å²) in [6, 6.07) is 2.01. The number of nitrogens with zero attached hydrogens (tertiary/aromatic N) is 2. The number of hydrogen-bond acceptors (Lipinski definition) is 2. The number of aliphatic hydroxyl groups excluding tert-OH is 1. The molecule has 0 amide bonds. The van der Waals surface area contributed by atoms with E-state index in [1.807, 2.05) is 18.5 Å². The van der Waals surface area contributed by atoms with Gasteiger partial charge in [0.2, 0.25) is 0 Å². The number of aromatic amines is 1. The minimum absolute atomic E-state index is 0.290. The third-order valence-electron chi connectivity index (χ3n) is 3.04. The molecule has 0 aromatic carbocycles. The van der Waals surface area contributed by atoms with Gasteiger partial charge in [-0.2, -0.15) is 5.10 Å². The molecule has 2 N–H and O–H groups in total. The van der Waals surface area contributed by atoms with Gasteiger partial charge in [0, 0.05) is 23.7 Å². The Hall–Kier alpha value is -1.55. The minimum atomic E-state index is -0.290. The average Bonchev–Trinajstić information content (AvgIpc) is 2.85. The molecule has 0 saturated heterocycles. The molecule has 78 valence electrons. The van der Waals surface area contributed by atoms with Crippen LogP contribution in [0.3, 0.4) is 0 Å². The first kappa shape index (κ1) is 8.73. The van der Waals surface area contributed by atoms with E-state index in [1.54, 1.807) is 6.20 Å². The van der Waals surface area contributed by atoms with E-state index in [0.29, 0.717) is 0 Å². The molecule has 1 unspecified atom stereocenters. The highest BCUT2D eigenvalue weighted by Crippen LogP contribution is 2.31. The summed E-state index contributed by atoms with van der Waals surface area (Å²) in [7, 11) is 0. The second kappa shape index (κ2) is 3.24. The van der Waals surface area contributed by atoms with E-state index in [9.17, 15) is 5.11 Å². The molecule has 2 heterocycles. The molecule has 0 saturated carbocycles. The Morgan fingerprint density at radius 3 is 3.27 bits per heavy atom. The number of hydrogen-bond donors (Lipinski definition) is 2. The summed E-state index contributed by atoms with van der Waals surface area (Å²) < 4.78 is 2.10. The molecule has 1 aliphatic carbocycles. The van der Waals surface area contributed by atoms with Crippen LogP contribution in [0.5, 0.6) is 0 Å². The van der Waals surface area contributed by atoms with Crippen LogP contribution in [0.1, 0.15) is 30.2 Å². The SMILES string of the molecule is OC1CCCc2c1ccn2-c1cn[nH]c1. The van der Waals surface area contributed by atoms with Crippen LogP contribution in [0.25, 0.3) is 5.69 Å². The molecule has 0 bridgehead atoms. The topological polar surface area (TPSA) is 53.8 Å². The summed E-state index contributed by atoms with van der Waals surface area (Å²) in [5.41, 5.74) is 3.32. The van der Waals surface area contributed by atoms with E-state index in [-0.39, 0.29) is 6.10 Å². The summed E-state index contributed by atoms with van der Waals surface area (Å²) in [4.78, 5) is 0. The van der Waals surface area contributed by atoms with Crippen LogP contribution >= 0.6 is 0 Å². The molecule has 0 radical (unpaired) electrons. The van der Waals surface area contributed by atoms with Crippen molar-refractivity contribution in [2.45, 2.75) is 25.4 Å². The Bertz CT molecular complexity index is 458. The fourth-order valence-corrected chi connectivity index (χ4v) is 2.28. The van der Waals surface area contributed by atoms with Gasteiger partial charge in [-0.25, -0.2) is 0 Å². The van der Waals surface area contributed by atoms with E-state index >= 15 is 0 Å². The first-order valence-corrected chi connectivity index (χ1v) is 5.23. The zero-order valence-electron chi connectivity index (χ0n) is 8.35. The Balaban J connectivity index is 2.11. The van der Waals surface area contributed by atoms with Crippen molar-refractivity contribution in [1.29, 1.82) is 0 Å². The van der Waals surface area contributed by atoms with E-state index in [2.05, 4.69) is 14.8 Å². The van der Waals surface area contributed by atoms with Gasteiger partial charge in [-0.3, -0.25) is 5.10 Å². The molecule has 2 aromatic heterocycles. The summed E-state index contributed by atoms with van der Waals surface area (Å²) >= 11 is 0. The van der Waals surface area contributed by atoms with Gasteiger partial charge in [0.15, 0.2) is 0 Å². The molecule has 1 aliphatic rings. The molecule has 4 nitrogen and oxygen atoms in total. The van der Waals surface area contributed by atoms with E-state index in [1.165, 1.54) is 5.69 Å². The fourth-order valence-electron chi connectivity index (χ4n) is 2.28. The Kier molecular flexibility index (Phi) is 1.89. The van der Waals surface area contributed by atoms with Crippen LogP contribution in [0.4, 0.5) is 0 Å². The number of aliphatic hydroxyl groups is 1. The van der Waals surface area contributed by atoms with Gasteiger partial charge in [-0.15, -0.1) is 0 Å². The Morgan fingerprint density at radius 1 is 1.53 bits per heavy atom. The normalized spacial score (nSPS) is 20.2. The van der Waals surface area contributed by atoms with Gasteiger partial charge in [-0.1, -0.05) is 0 Å². The van der Waals surface area contributed by atoms with Crippen molar-refractivity contribution in [2.24, 2.45) is 0 Å². The van der Waals surface area contributed by atoms with Crippen molar-refractivity contribution in [1.82, 2.24) is 14.8 Å². The van der Waals surface area contributed by atoms with Crippen LogP contribution in [0.2, 0.25) is 0 Å². The first-order valence-electron chi connectivity index (χ1n) is 5.23. The van der Waals surface area contributed by atoms with E-state index in [4.69, 9.17) is 0 Å². The molecule has 1 atom stereocenters. The van der Waals surface area contributed by atoms with Crippen molar-refractivity contribution in [3.8, 4) is 5.69 Å². The minimum Gasteiger partial charge on any atom is -0.388 e. The van der Waals surface area contributed by atoms with Gasteiger partial charge in [0.1, 0.15) is 0 Å². The molecular formula is C11H13N3O. The van der Waals surface area contributed by atoms with Gasteiger partial charge in [0.05, 0.1) is 18.0 Å². The second-order valence-electron chi connectivity index (χ2n) is 3.95. The Morgan fingerprint density at radius 2 is 2.47 bits per heavy atom. The summed E-state index contributed by atoms with van der Waals surface area (Å²) in [6.07, 6.45) is 8.33. The lowest BCUT2D eigenvalue weighted by Gasteiger charge is -2.19. The molecule has 0 spiro atoms. The summed E-state index contributed by atoms with van der Waals surface area (Å²) in [5, 5.41) is 16.6. The maximum atomic E-state index is 9.84. The van der Waals surface area contributed by atoms with Gasteiger partial charge >= 0.3 is 0 Å². The first-order chi connectivity index (χ1) is 7.36. The predicted molar refractivity (Wildman–Crippen MR) is 55.8 cm³/mol. The van der Waals surface area contributed by atoms with Crippen molar-refractivity contribution < 1.29 is 5.11 Å². The lowest BCUT2D eigenvalue weighted by Crippen LogP contribution is -2.10. The zero-order valence-corrected chi connectivity index (χ0v) is 8.35. The van der Waals surface area contributed by atoms with Crippen molar-refractivity contribution >= 4 is 0 Å². The summed E-state index contributed by atoms with van der Waals surface area (Å²) in [6.45, 7) is 0. The van der Waals surface area contributed by atoms with Crippen LogP contribution in [-0.4, -0.2) is 19.9 Å². The smallest absolute Gasteiger partial charge is 0.0832 e. The maximum Gasteiger partial charge on any atom is 0.0832 e. The van der Waals surface area contributed by atoms with E-state index in [0.717, 1.165) is 30.5 Å². The molecule has 15 heavy (non-hydrogen) atoms. The van der Waals surface area contributed by atoms with Gasteiger partial charge in [0.25, 0.3) is 0 Å². The van der Waals surface area contributed by atoms with Gasteiger partial charge < -0.3 is 9.67 Å². The number of rotatable bonds is 1. The fraction of sp³-hybridized carbons (Fsp3) is 0.364. The number of fused-ring (bicyclic) bond motifs is 1. The highest BCUT2D eigenvalue weighted by Gasteiger charge is 2.21. The number of H-pyrrole nitrogens is 1. The van der Waals surface area contributed by atoms with Crippen LogP contribution < -0.4 is 0 Å². The largest absolute Gasteiger partial charge is 0.388 e. The van der Waals surface area contributed by atoms with Crippen LogP contribution in [0.15, 0.2) is 24.7 Å². The lowest BCUT2D eigenvalue weighted by atomic mass is 9.95. The molecular weight excluding hydrogens is 190 g/mol. The standard InChI is InChI=1S/C11H13N3O/c15-11-3-1-2-10-9(11)4-5-14(10)8-6-12-13-7-8/h4-7,11,15H,1-3H2,(H,12,13). The van der Waals surface area contributed by atoms with Crippen LogP contribution in [-0.2, 0) is 6.42 Å². The monoisotopic (exact) mass is 203 g/mol. The molecule has 0 aliphatic heterocycles. The Labute approximate surface area is 87.6 Å². The second-order valence-corrected chi connectivity index (χ2v) is 3.95. The third kappa shape index (κ3) is 1.29. The third-order valence-corrected chi connectivity index (χ3v) is 3.04. The van der Waals surface area contributed by atoms with E-state index < -0.39 is 0 Å². The zero-order chi connectivity index (χ0) is 10.3. The maximum absolute atomic E-state index is 9.84.